The van der Waals surface area contributed by atoms with E-state index in [2.05, 4.69) is 10.5 Å². The molecule has 0 rings (SSSR count). The Labute approximate surface area is 74.0 Å². The number of rotatable bonds is 1. The van der Waals surface area contributed by atoms with Gasteiger partial charge < -0.3 is 10.5 Å². The standard InChI is InChI=1S/C7H12F3NO2/c1-6(2,3)13-5(12)4(11)7(8,9)10/h4H,11H2,1-3H3/t4-/m1/s1. The number of hydrogen-bond donors (Lipinski definition) is 1. The van der Waals surface area contributed by atoms with Gasteiger partial charge in [-0.3, -0.25) is 0 Å². The van der Waals surface area contributed by atoms with E-state index in [0.29, 0.717) is 0 Å². The van der Waals surface area contributed by atoms with Crippen molar-refractivity contribution in [3.63, 3.8) is 0 Å². The highest BCUT2D eigenvalue weighted by molar-refractivity contribution is 5.76. The van der Waals surface area contributed by atoms with E-state index in [4.69, 9.17) is 0 Å². The van der Waals surface area contributed by atoms with Crippen LogP contribution in [0.25, 0.3) is 0 Å². The summed E-state index contributed by atoms with van der Waals surface area (Å²) < 4.78 is 40.0. The highest BCUT2D eigenvalue weighted by Crippen LogP contribution is 2.21. The first kappa shape index (κ1) is 12.2. The fraction of sp³-hybridized carbons (Fsp3) is 0.857. The fourth-order valence-corrected chi connectivity index (χ4v) is 0.499. The maximum absolute atomic E-state index is 11.8. The number of alkyl halides is 3. The molecule has 0 heterocycles. The van der Waals surface area contributed by atoms with Crippen LogP contribution >= 0.6 is 0 Å². The van der Waals surface area contributed by atoms with Crippen LogP contribution < -0.4 is 5.73 Å². The predicted molar refractivity (Wildman–Crippen MR) is 39.9 cm³/mol. The monoisotopic (exact) mass is 199 g/mol. The highest BCUT2D eigenvalue weighted by Gasteiger charge is 2.44. The van der Waals surface area contributed by atoms with Crippen molar-refractivity contribution in [3.05, 3.63) is 0 Å². The Morgan fingerprint density at radius 2 is 1.69 bits per heavy atom. The first-order valence-electron chi connectivity index (χ1n) is 3.59. The van der Waals surface area contributed by atoms with Gasteiger partial charge in [0, 0.05) is 0 Å². The third kappa shape index (κ3) is 4.72. The van der Waals surface area contributed by atoms with E-state index in [1.54, 1.807) is 0 Å². The zero-order valence-corrected chi connectivity index (χ0v) is 7.61. The molecule has 0 aromatic rings. The molecule has 0 unspecified atom stereocenters. The molecule has 0 saturated carbocycles. The molecule has 0 aliphatic rings. The molecule has 0 bridgehead atoms. The SMILES string of the molecule is CC(C)(C)OC(=O)[C@@H](N)C(F)(F)F. The molecule has 0 aromatic heterocycles. The van der Waals surface area contributed by atoms with Crippen LogP contribution in [0.15, 0.2) is 0 Å². The normalized spacial score (nSPS) is 15.3. The molecule has 0 aliphatic carbocycles. The van der Waals surface area contributed by atoms with Crippen LogP contribution in [0.5, 0.6) is 0 Å². The van der Waals surface area contributed by atoms with Crippen LogP contribution in [0.1, 0.15) is 20.8 Å². The lowest BCUT2D eigenvalue weighted by Crippen LogP contribution is -2.47. The van der Waals surface area contributed by atoms with Gasteiger partial charge >= 0.3 is 12.1 Å². The Morgan fingerprint density at radius 3 is 1.92 bits per heavy atom. The van der Waals surface area contributed by atoms with Crippen LogP contribution in [0, 0.1) is 0 Å². The molecule has 0 fully saturated rings. The van der Waals surface area contributed by atoms with E-state index in [1.807, 2.05) is 0 Å². The summed E-state index contributed by atoms with van der Waals surface area (Å²) in [6, 6.07) is -2.56. The van der Waals surface area contributed by atoms with E-state index in [0.717, 1.165) is 0 Å². The van der Waals surface area contributed by atoms with E-state index >= 15 is 0 Å². The second-order valence-corrected chi connectivity index (χ2v) is 3.55. The number of ether oxygens (including phenoxy) is 1. The average molecular weight is 199 g/mol. The topological polar surface area (TPSA) is 52.3 Å². The summed E-state index contributed by atoms with van der Waals surface area (Å²) >= 11 is 0. The summed E-state index contributed by atoms with van der Waals surface area (Å²) in [5.41, 5.74) is 3.64. The highest BCUT2D eigenvalue weighted by atomic mass is 19.4. The van der Waals surface area contributed by atoms with Crippen LogP contribution in [-0.4, -0.2) is 23.8 Å². The molecule has 0 amide bonds. The molecule has 0 spiro atoms. The quantitative estimate of drug-likeness (QED) is 0.646. The molecule has 3 nitrogen and oxygen atoms in total. The summed E-state index contributed by atoms with van der Waals surface area (Å²) in [4.78, 5) is 10.7. The predicted octanol–water partition coefficient (Wildman–Crippen LogP) is 1.22. The number of halogens is 3. The Bertz CT molecular complexity index is 195. The van der Waals surface area contributed by atoms with E-state index < -0.39 is 23.8 Å². The Kier molecular flexibility index (Phi) is 3.32. The van der Waals surface area contributed by atoms with Gasteiger partial charge in [-0.15, -0.1) is 0 Å². The van der Waals surface area contributed by atoms with Gasteiger partial charge in [0.1, 0.15) is 5.60 Å². The first-order valence-corrected chi connectivity index (χ1v) is 3.59. The van der Waals surface area contributed by atoms with Gasteiger partial charge in [0.25, 0.3) is 0 Å². The maximum atomic E-state index is 11.8. The largest absolute Gasteiger partial charge is 0.459 e. The van der Waals surface area contributed by atoms with Crippen molar-refractivity contribution in [3.8, 4) is 0 Å². The van der Waals surface area contributed by atoms with Gasteiger partial charge in [-0.2, -0.15) is 13.2 Å². The summed E-state index contributed by atoms with van der Waals surface area (Å²) in [5, 5.41) is 0. The van der Waals surface area contributed by atoms with Gasteiger partial charge in [-0.25, -0.2) is 4.79 Å². The van der Waals surface area contributed by atoms with E-state index in [1.165, 1.54) is 20.8 Å². The summed E-state index contributed by atoms with van der Waals surface area (Å²) in [7, 11) is 0. The van der Waals surface area contributed by atoms with Crippen molar-refractivity contribution in [2.75, 3.05) is 0 Å². The van der Waals surface area contributed by atoms with Crippen LogP contribution in [0.3, 0.4) is 0 Å². The van der Waals surface area contributed by atoms with Crippen molar-refractivity contribution < 1.29 is 22.7 Å². The minimum Gasteiger partial charge on any atom is -0.459 e. The number of esters is 1. The number of carbonyl (C=O) groups excluding carboxylic acids is 1. The molecule has 6 heteroatoms. The van der Waals surface area contributed by atoms with Gasteiger partial charge in [0.05, 0.1) is 0 Å². The third-order valence-corrected chi connectivity index (χ3v) is 1.01. The summed E-state index contributed by atoms with van der Waals surface area (Å²) in [5.74, 6) is -1.46. The van der Waals surface area contributed by atoms with Gasteiger partial charge in [0.15, 0.2) is 6.04 Å². The molecule has 78 valence electrons. The number of carbonyl (C=O) groups is 1. The maximum Gasteiger partial charge on any atom is 0.414 e. The second kappa shape index (κ2) is 3.53. The molecule has 0 aliphatic heterocycles. The molecular weight excluding hydrogens is 187 g/mol. The van der Waals surface area contributed by atoms with E-state index in [9.17, 15) is 18.0 Å². The minimum atomic E-state index is -4.75. The lowest BCUT2D eigenvalue weighted by molar-refractivity contribution is -0.187. The van der Waals surface area contributed by atoms with Crippen molar-refractivity contribution in [2.24, 2.45) is 5.73 Å². The average Bonchev–Trinajstić information content (AvgIpc) is 1.79. The molecule has 0 aromatic carbocycles. The van der Waals surface area contributed by atoms with Crippen LogP contribution in [0.4, 0.5) is 13.2 Å². The third-order valence-electron chi connectivity index (χ3n) is 1.01. The van der Waals surface area contributed by atoms with Gasteiger partial charge in [-0.1, -0.05) is 0 Å². The second-order valence-electron chi connectivity index (χ2n) is 3.55. The minimum absolute atomic E-state index is 0.958. The first-order chi connectivity index (χ1) is 5.54. The van der Waals surface area contributed by atoms with Crippen molar-refractivity contribution in [1.29, 1.82) is 0 Å². The molecule has 1 atom stereocenters. The molecule has 0 saturated heterocycles. The van der Waals surface area contributed by atoms with Gasteiger partial charge in [0.2, 0.25) is 0 Å². The number of nitrogens with two attached hydrogens (primary N) is 1. The van der Waals surface area contributed by atoms with Crippen molar-refractivity contribution in [2.45, 2.75) is 38.6 Å². The smallest absolute Gasteiger partial charge is 0.414 e. The number of hydrogen-bond acceptors (Lipinski definition) is 3. The zero-order chi connectivity index (χ0) is 10.9. The summed E-state index contributed by atoms with van der Waals surface area (Å²) in [6.07, 6.45) is -4.75. The van der Waals surface area contributed by atoms with Crippen molar-refractivity contribution >= 4 is 5.97 Å². The Balaban J connectivity index is 4.30. The molecule has 13 heavy (non-hydrogen) atoms. The van der Waals surface area contributed by atoms with Crippen LogP contribution in [0.2, 0.25) is 0 Å². The molecular formula is C7H12F3NO2. The molecule has 0 radical (unpaired) electrons. The lowest BCUT2D eigenvalue weighted by Gasteiger charge is -2.22. The van der Waals surface area contributed by atoms with Crippen LogP contribution in [-0.2, 0) is 9.53 Å². The Hall–Kier alpha value is -0.780. The summed E-state index contributed by atoms with van der Waals surface area (Å²) in [6.45, 7) is 4.40. The zero-order valence-electron chi connectivity index (χ0n) is 7.61. The van der Waals surface area contributed by atoms with Gasteiger partial charge in [-0.05, 0) is 20.8 Å². The Morgan fingerprint density at radius 1 is 1.31 bits per heavy atom. The van der Waals surface area contributed by atoms with Crippen molar-refractivity contribution in [1.82, 2.24) is 0 Å². The lowest BCUT2D eigenvalue weighted by atomic mass is 10.2. The molecule has 2 N–H and O–H groups in total. The van der Waals surface area contributed by atoms with E-state index in [-0.39, 0.29) is 0 Å². The fourth-order valence-electron chi connectivity index (χ4n) is 0.499.